The van der Waals surface area contributed by atoms with Crippen molar-refractivity contribution in [3.63, 3.8) is 0 Å². The summed E-state index contributed by atoms with van der Waals surface area (Å²) in [5.41, 5.74) is 3.52. The van der Waals surface area contributed by atoms with Crippen LogP contribution in [-0.4, -0.2) is 5.97 Å². The number of esters is 1. The largest absolute Gasteiger partial charge is 0.425 e. The van der Waals surface area contributed by atoms with E-state index in [0.29, 0.717) is 12.2 Å². The number of carbonyl (C=O) groups is 1. The molecule has 0 heterocycles. The first-order valence-corrected chi connectivity index (χ1v) is 11.5. The maximum absolute atomic E-state index is 13.4. The van der Waals surface area contributed by atoms with E-state index in [4.69, 9.17) is 4.74 Å². The lowest BCUT2D eigenvalue weighted by atomic mass is 9.70. The third-order valence-electron chi connectivity index (χ3n) is 6.63. The SMILES string of the molecule is O=C(Oc1c(-c2ccccc2)cccc1-c1ccccc1)[C@H]1CC[C@@H]1c1ccc(C(F)(F)F)cc1. The molecule has 0 unspecified atom stereocenters. The zero-order valence-corrected chi connectivity index (χ0v) is 18.8. The lowest BCUT2D eigenvalue weighted by Gasteiger charge is -2.35. The molecule has 4 aromatic rings. The normalized spacial score (nSPS) is 17.5. The van der Waals surface area contributed by atoms with Crippen molar-refractivity contribution in [3.8, 4) is 28.0 Å². The van der Waals surface area contributed by atoms with Gasteiger partial charge in [0.25, 0.3) is 0 Å². The highest BCUT2D eigenvalue weighted by Crippen LogP contribution is 2.46. The van der Waals surface area contributed by atoms with Gasteiger partial charge in [-0.1, -0.05) is 91.0 Å². The Bertz CT molecular complexity index is 1260. The molecule has 0 amide bonds. The molecule has 4 aromatic carbocycles. The average molecular weight is 473 g/mol. The molecule has 2 atom stereocenters. The fourth-order valence-corrected chi connectivity index (χ4v) is 4.61. The minimum atomic E-state index is -4.38. The number of carbonyl (C=O) groups excluding carboxylic acids is 1. The number of benzene rings is 4. The van der Waals surface area contributed by atoms with Crippen LogP contribution in [0, 0.1) is 5.92 Å². The van der Waals surface area contributed by atoms with Crippen molar-refractivity contribution in [2.45, 2.75) is 24.9 Å². The second-order valence-corrected chi connectivity index (χ2v) is 8.75. The second kappa shape index (κ2) is 9.41. The van der Waals surface area contributed by atoms with E-state index in [2.05, 4.69) is 0 Å². The molecule has 35 heavy (non-hydrogen) atoms. The van der Waals surface area contributed by atoms with Crippen LogP contribution in [0.3, 0.4) is 0 Å². The lowest BCUT2D eigenvalue weighted by Crippen LogP contribution is -2.34. The number of hydrogen-bond donors (Lipinski definition) is 0. The van der Waals surface area contributed by atoms with Gasteiger partial charge in [-0.15, -0.1) is 0 Å². The number of halogens is 3. The molecule has 1 fully saturated rings. The third kappa shape index (κ3) is 4.72. The molecular weight excluding hydrogens is 449 g/mol. The van der Waals surface area contributed by atoms with Gasteiger partial charge >= 0.3 is 12.1 Å². The maximum Gasteiger partial charge on any atom is 0.416 e. The van der Waals surface area contributed by atoms with Crippen LogP contribution < -0.4 is 4.74 Å². The van der Waals surface area contributed by atoms with Gasteiger partial charge in [0.05, 0.1) is 11.5 Å². The number of ether oxygens (including phenoxy) is 1. The summed E-state index contributed by atoms with van der Waals surface area (Å²) in [6.07, 6.45) is -3.01. The second-order valence-electron chi connectivity index (χ2n) is 8.75. The highest BCUT2D eigenvalue weighted by molar-refractivity contribution is 5.87. The summed E-state index contributed by atoms with van der Waals surface area (Å²) in [6.45, 7) is 0. The van der Waals surface area contributed by atoms with Crippen molar-refractivity contribution in [2.24, 2.45) is 5.92 Å². The Hall–Kier alpha value is -3.86. The first kappa shape index (κ1) is 22.9. The van der Waals surface area contributed by atoms with Gasteiger partial charge in [0.1, 0.15) is 5.75 Å². The van der Waals surface area contributed by atoms with Gasteiger partial charge in [0.2, 0.25) is 0 Å². The monoisotopic (exact) mass is 472 g/mol. The van der Waals surface area contributed by atoms with Crippen LogP contribution >= 0.6 is 0 Å². The molecule has 0 spiro atoms. The molecule has 0 saturated heterocycles. The zero-order valence-electron chi connectivity index (χ0n) is 18.8. The standard InChI is InChI=1S/C30H23F3O2/c31-30(32,33)23-16-14-22(15-17-23)24-18-19-27(24)29(34)35-28-25(20-8-3-1-4-9-20)12-7-13-26(28)21-10-5-2-6-11-21/h1-17,24,27H,18-19H2/t24-,27+/m1/s1. The predicted molar refractivity (Wildman–Crippen MR) is 130 cm³/mol. The van der Waals surface area contributed by atoms with E-state index < -0.39 is 17.7 Å². The Labute approximate surface area is 202 Å². The van der Waals surface area contributed by atoms with E-state index in [-0.39, 0.29) is 11.9 Å². The van der Waals surface area contributed by atoms with E-state index in [9.17, 15) is 18.0 Å². The van der Waals surface area contributed by atoms with Crippen molar-refractivity contribution in [2.75, 3.05) is 0 Å². The van der Waals surface area contributed by atoms with Crippen LogP contribution in [-0.2, 0) is 11.0 Å². The van der Waals surface area contributed by atoms with Crippen LogP contribution in [0.25, 0.3) is 22.3 Å². The van der Waals surface area contributed by atoms with Crippen LogP contribution in [0.2, 0.25) is 0 Å². The summed E-state index contributed by atoms with van der Waals surface area (Å²) in [5.74, 6) is -0.428. The average Bonchev–Trinajstić information content (AvgIpc) is 2.84. The molecule has 2 nitrogen and oxygen atoms in total. The fraction of sp³-hybridized carbons (Fsp3) is 0.167. The van der Waals surface area contributed by atoms with Gasteiger partial charge < -0.3 is 4.74 Å². The molecule has 0 aliphatic heterocycles. The summed E-state index contributed by atoms with van der Waals surface area (Å²) < 4.78 is 44.9. The molecule has 1 aliphatic rings. The quantitative estimate of drug-likeness (QED) is 0.216. The molecule has 0 bridgehead atoms. The molecule has 1 aliphatic carbocycles. The minimum absolute atomic E-state index is 0.158. The fourth-order valence-electron chi connectivity index (χ4n) is 4.61. The lowest BCUT2D eigenvalue weighted by molar-refractivity contribution is -0.143. The molecule has 5 heteroatoms. The summed E-state index contributed by atoms with van der Waals surface area (Å²) >= 11 is 0. The molecule has 0 aromatic heterocycles. The number of rotatable bonds is 5. The Morgan fingerprint density at radius 3 is 1.69 bits per heavy atom. The molecular formula is C30H23F3O2. The van der Waals surface area contributed by atoms with E-state index in [1.54, 1.807) is 0 Å². The van der Waals surface area contributed by atoms with E-state index in [1.165, 1.54) is 12.1 Å². The summed E-state index contributed by atoms with van der Waals surface area (Å²) in [6, 6.07) is 30.4. The molecule has 1 saturated carbocycles. The van der Waals surface area contributed by atoms with Crippen molar-refractivity contribution < 1.29 is 22.7 Å². The predicted octanol–water partition coefficient (Wildman–Crippen LogP) is 8.14. The van der Waals surface area contributed by atoms with E-state index in [0.717, 1.165) is 46.4 Å². The Morgan fingerprint density at radius 1 is 0.686 bits per heavy atom. The van der Waals surface area contributed by atoms with Gasteiger partial charge in [-0.2, -0.15) is 13.2 Å². The van der Waals surface area contributed by atoms with Gasteiger partial charge in [-0.25, -0.2) is 0 Å². The van der Waals surface area contributed by atoms with Gasteiger partial charge in [0, 0.05) is 11.1 Å². The minimum Gasteiger partial charge on any atom is -0.425 e. The topological polar surface area (TPSA) is 26.3 Å². The Kier molecular flexibility index (Phi) is 6.16. The Balaban J connectivity index is 1.46. The first-order chi connectivity index (χ1) is 16.9. The highest BCUT2D eigenvalue weighted by atomic mass is 19.4. The van der Waals surface area contributed by atoms with Crippen molar-refractivity contribution in [3.05, 3.63) is 114 Å². The molecule has 0 radical (unpaired) electrons. The Morgan fingerprint density at radius 2 is 1.23 bits per heavy atom. The summed E-state index contributed by atoms with van der Waals surface area (Å²) in [7, 11) is 0. The van der Waals surface area contributed by atoms with Gasteiger partial charge in [-0.3, -0.25) is 4.79 Å². The first-order valence-electron chi connectivity index (χ1n) is 11.5. The third-order valence-corrected chi connectivity index (χ3v) is 6.63. The van der Waals surface area contributed by atoms with Gasteiger partial charge in [0.15, 0.2) is 0 Å². The maximum atomic E-state index is 13.4. The van der Waals surface area contributed by atoms with Crippen molar-refractivity contribution >= 4 is 5.97 Å². The van der Waals surface area contributed by atoms with E-state index >= 15 is 0 Å². The van der Waals surface area contributed by atoms with Crippen LogP contribution in [0.4, 0.5) is 13.2 Å². The van der Waals surface area contributed by atoms with Crippen molar-refractivity contribution in [1.29, 1.82) is 0 Å². The van der Waals surface area contributed by atoms with Crippen LogP contribution in [0.5, 0.6) is 5.75 Å². The van der Waals surface area contributed by atoms with E-state index in [1.807, 2.05) is 78.9 Å². The smallest absolute Gasteiger partial charge is 0.416 e. The van der Waals surface area contributed by atoms with Crippen LogP contribution in [0.15, 0.2) is 103 Å². The van der Waals surface area contributed by atoms with Crippen molar-refractivity contribution in [1.82, 2.24) is 0 Å². The summed E-state index contributed by atoms with van der Waals surface area (Å²) in [5, 5.41) is 0. The van der Waals surface area contributed by atoms with Gasteiger partial charge in [-0.05, 0) is 47.6 Å². The number of alkyl halides is 3. The zero-order chi connectivity index (χ0) is 24.4. The molecule has 0 N–H and O–H groups in total. The number of para-hydroxylation sites is 1. The highest BCUT2D eigenvalue weighted by Gasteiger charge is 2.40. The number of hydrogen-bond acceptors (Lipinski definition) is 2. The van der Waals surface area contributed by atoms with Crippen LogP contribution in [0.1, 0.15) is 29.9 Å². The molecule has 5 rings (SSSR count). The summed E-state index contributed by atoms with van der Waals surface area (Å²) in [4.78, 5) is 13.4. The molecule has 176 valence electrons.